The van der Waals surface area contributed by atoms with E-state index < -0.39 is 0 Å². The van der Waals surface area contributed by atoms with Crippen molar-refractivity contribution in [1.29, 1.82) is 0 Å². The van der Waals surface area contributed by atoms with E-state index in [1.807, 2.05) is 11.0 Å². The number of aromatic nitrogens is 1. The first-order valence-corrected chi connectivity index (χ1v) is 11.3. The van der Waals surface area contributed by atoms with Crippen molar-refractivity contribution in [2.24, 2.45) is 0 Å². The SMILES string of the molecule is CCN1CCCC(n2c(C)cc3cc(C(=O)N4CCN(C(C)C)CC4)ccc32)C1. The molecule has 1 amide bonds. The predicted octanol–water partition coefficient (Wildman–Crippen LogP) is 3.77. The highest BCUT2D eigenvalue weighted by molar-refractivity contribution is 5.98. The lowest BCUT2D eigenvalue weighted by molar-refractivity contribution is 0.0595. The molecule has 2 aliphatic rings. The van der Waals surface area contributed by atoms with Crippen molar-refractivity contribution in [2.75, 3.05) is 45.8 Å². The zero-order valence-electron chi connectivity index (χ0n) is 18.5. The summed E-state index contributed by atoms with van der Waals surface area (Å²) in [5, 5.41) is 1.20. The number of piperazine rings is 1. The summed E-state index contributed by atoms with van der Waals surface area (Å²) in [5.74, 6) is 0.176. The number of piperidine rings is 1. The fourth-order valence-electron chi connectivity index (χ4n) is 5.14. The second-order valence-corrected chi connectivity index (χ2v) is 9.04. The number of fused-ring (bicyclic) bond motifs is 1. The van der Waals surface area contributed by atoms with Crippen LogP contribution in [0, 0.1) is 6.92 Å². The van der Waals surface area contributed by atoms with Crippen LogP contribution in [-0.4, -0.2) is 77.0 Å². The second kappa shape index (κ2) is 8.49. The van der Waals surface area contributed by atoms with Crippen molar-refractivity contribution in [3.05, 3.63) is 35.5 Å². The highest BCUT2D eigenvalue weighted by Crippen LogP contribution is 2.30. The van der Waals surface area contributed by atoms with Gasteiger partial charge < -0.3 is 14.4 Å². The summed E-state index contributed by atoms with van der Waals surface area (Å²) in [6.45, 7) is 16.0. The Bertz CT molecular complexity index is 863. The number of aryl methyl sites for hydroxylation is 1. The summed E-state index contributed by atoms with van der Waals surface area (Å²) >= 11 is 0. The summed E-state index contributed by atoms with van der Waals surface area (Å²) in [4.78, 5) is 20.1. The minimum atomic E-state index is 0.176. The van der Waals surface area contributed by atoms with Gasteiger partial charge in [0.1, 0.15) is 0 Å². The number of carbonyl (C=O) groups is 1. The number of amides is 1. The highest BCUT2D eigenvalue weighted by Gasteiger charge is 2.25. The molecular formula is C24H36N4O. The Morgan fingerprint density at radius 1 is 1.10 bits per heavy atom. The van der Waals surface area contributed by atoms with Gasteiger partial charge in [0, 0.05) is 67.0 Å². The quantitative estimate of drug-likeness (QED) is 0.788. The largest absolute Gasteiger partial charge is 0.341 e. The third kappa shape index (κ3) is 4.08. The number of rotatable bonds is 4. The normalized spacial score (nSPS) is 22.0. The van der Waals surface area contributed by atoms with Crippen LogP contribution in [0.4, 0.5) is 0 Å². The van der Waals surface area contributed by atoms with Crippen LogP contribution in [-0.2, 0) is 0 Å². The van der Waals surface area contributed by atoms with Gasteiger partial charge in [0.2, 0.25) is 0 Å². The number of benzene rings is 1. The first-order valence-electron chi connectivity index (χ1n) is 11.3. The van der Waals surface area contributed by atoms with Gasteiger partial charge in [-0.3, -0.25) is 9.69 Å². The number of likely N-dealkylation sites (tertiary alicyclic amines) is 1. The smallest absolute Gasteiger partial charge is 0.253 e. The van der Waals surface area contributed by atoms with Crippen LogP contribution >= 0.6 is 0 Å². The van der Waals surface area contributed by atoms with E-state index in [1.165, 1.54) is 36.0 Å². The number of hydrogen-bond donors (Lipinski definition) is 0. The number of carbonyl (C=O) groups excluding carboxylic acids is 1. The van der Waals surface area contributed by atoms with Crippen LogP contribution in [0.1, 0.15) is 55.7 Å². The fraction of sp³-hybridized carbons (Fsp3) is 0.625. The molecule has 3 heterocycles. The van der Waals surface area contributed by atoms with Crippen LogP contribution in [0.2, 0.25) is 0 Å². The van der Waals surface area contributed by atoms with Crippen LogP contribution < -0.4 is 0 Å². The molecule has 1 unspecified atom stereocenters. The van der Waals surface area contributed by atoms with E-state index in [4.69, 9.17) is 0 Å². The average Bonchev–Trinajstić information content (AvgIpc) is 3.08. The molecule has 0 N–H and O–H groups in total. The molecule has 4 rings (SSSR count). The van der Waals surface area contributed by atoms with Crippen molar-refractivity contribution in [2.45, 2.75) is 52.6 Å². The molecule has 1 aromatic carbocycles. The average molecular weight is 397 g/mol. The molecule has 1 aromatic heterocycles. The number of hydrogen-bond acceptors (Lipinski definition) is 3. The molecule has 0 radical (unpaired) electrons. The van der Waals surface area contributed by atoms with Crippen molar-refractivity contribution in [3.8, 4) is 0 Å². The molecule has 0 spiro atoms. The van der Waals surface area contributed by atoms with Gasteiger partial charge in [-0.05, 0) is 71.0 Å². The third-order valence-corrected chi connectivity index (χ3v) is 6.90. The minimum absolute atomic E-state index is 0.176. The zero-order chi connectivity index (χ0) is 20.5. The molecule has 158 valence electrons. The maximum Gasteiger partial charge on any atom is 0.253 e. The lowest BCUT2D eigenvalue weighted by Gasteiger charge is -2.37. The maximum absolute atomic E-state index is 13.1. The fourth-order valence-corrected chi connectivity index (χ4v) is 5.14. The number of likely N-dealkylation sites (N-methyl/N-ethyl adjacent to an activating group) is 1. The van der Waals surface area contributed by atoms with Gasteiger partial charge in [-0.25, -0.2) is 0 Å². The molecule has 0 aliphatic carbocycles. The molecule has 2 aliphatic heterocycles. The lowest BCUT2D eigenvalue weighted by Crippen LogP contribution is -2.50. The van der Waals surface area contributed by atoms with Crippen LogP contribution in [0.3, 0.4) is 0 Å². The molecule has 2 aromatic rings. The van der Waals surface area contributed by atoms with E-state index in [1.54, 1.807) is 0 Å². The van der Waals surface area contributed by atoms with Gasteiger partial charge in [0.05, 0.1) is 0 Å². The molecule has 1 atom stereocenters. The highest BCUT2D eigenvalue weighted by atomic mass is 16.2. The van der Waals surface area contributed by atoms with Gasteiger partial charge >= 0.3 is 0 Å². The van der Waals surface area contributed by atoms with Gasteiger partial charge in [-0.2, -0.15) is 0 Å². The summed E-state index contributed by atoms with van der Waals surface area (Å²) in [7, 11) is 0. The van der Waals surface area contributed by atoms with Crippen LogP contribution in [0.25, 0.3) is 10.9 Å². The number of nitrogens with zero attached hydrogens (tertiary/aromatic N) is 4. The van der Waals surface area contributed by atoms with Crippen LogP contribution in [0.5, 0.6) is 0 Å². The molecule has 0 saturated carbocycles. The first-order chi connectivity index (χ1) is 14.0. The Morgan fingerprint density at radius 2 is 1.86 bits per heavy atom. The van der Waals surface area contributed by atoms with E-state index in [0.717, 1.165) is 44.8 Å². The summed E-state index contributed by atoms with van der Waals surface area (Å²) in [5.41, 5.74) is 3.40. The van der Waals surface area contributed by atoms with Crippen LogP contribution in [0.15, 0.2) is 24.3 Å². The summed E-state index contributed by atoms with van der Waals surface area (Å²) in [6.07, 6.45) is 2.50. The Morgan fingerprint density at radius 3 is 2.55 bits per heavy atom. The van der Waals surface area contributed by atoms with Gasteiger partial charge in [0.15, 0.2) is 0 Å². The van der Waals surface area contributed by atoms with Gasteiger partial charge in [-0.15, -0.1) is 0 Å². The summed E-state index contributed by atoms with van der Waals surface area (Å²) in [6, 6.07) is 9.66. The maximum atomic E-state index is 13.1. The van der Waals surface area contributed by atoms with E-state index in [0.29, 0.717) is 12.1 Å². The standard InChI is InChI=1S/C24H36N4O/c1-5-25-10-6-7-22(17-25)28-19(4)15-21-16-20(8-9-23(21)28)24(29)27-13-11-26(12-14-27)18(2)3/h8-9,15-16,18,22H,5-7,10-14,17H2,1-4H3. The van der Waals surface area contributed by atoms with E-state index >= 15 is 0 Å². The van der Waals surface area contributed by atoms with Crippen molar-refractivity contribution in [1.82, 2.24) is 19.3 Å². The first kappa shape index (κ1) is 20.4. The van der Waals surface area contributed by atoms with Crippen molar-refractivity contribution in [3.63, 3.8) is 0 Å². The monoisotopic (exact) mass is 396 g/mol. The molecule has 5 nitrogen and oxygen atoms in total. The van der Waals surface area contributed by atoms with Gasteiger partial charge in [-0.1, -0.05) is 6.92 Å². The molecule has 5 heteroatoms. The molecule has 2 saturated heterocycles. The van der Waals surface area contributed by atoms with E-state index in [9.17, 15) is 4.79 Å². The molecular weight excluding hydrogens is 360 g/mol. The lowest BCUT2D eigenvalue weighted by atomic mass is 10.0. The van der Waals surface area contributed by atoms with Crippen molar-refractivity contribution >= 4 is 16.8 Å². The minimum Gasteiger partial charge on any atom is -0.341 e. The Labute approximate surface area is 175 Å². The second-order valence-electron chi connectivity index (χ2n) is 9.04. The summed E-state index contributed by atoms with van der Waals surface area (Å²) < 4.78 is 2.51. The van der Waals surface area contributed by atoms with Gasteiger partial charge in [0.25, 0.3) is 5.91 Å². The van der Waals surface area contributed by atoms with E-state index in [-0.39, 0.29) is 5.91 Å². The topological polar surface area (TPSA) is 31.7 Å². The Hall–Kier alpha value is -1.85. The third-order valence-electron chi connectivity index (χ3n) is 6.90. The molecule has 0 bridgehead atoms. The molecule has 29 heavy (non-hydrogen) atoms. The zero-order valence-corrected chi connectivity index (χ0v) is 18.5. The molecule has 2 fully saturated rings. The predicted molar refractivity (Wildman–Crippen MR) is 120 cm³/mol. The van der Waals surface area contributed by atoms with Crippen molar-refractivity contribution < 1.29 is 4.79 Å². The Kier molecular flexibility index (Phi) is 5.98. The Balaban J connectivity index is 1.54. The van der Waals surface area contributed by atoms with E-state index in [2.05, 4.69) is 60.3 Å².